The van der Waals surface area contributed by atoms with Gasteiger partial charge in [-0.2, -0.15) is 5.10 Å². The van der Waals surface area contributed by atoms with Crippen molar-refractivity contribution in [2.75, 3.05) is 25.5 Å². The molecule has 60 heavy (non-hydrogen) atoms. The van der Waals surface area contributed by atoms with Crippen LogP contribution in [0.3, 0.4) is 0 Å². The monoisotopic (exact) mass is 834 g/mol. The molecule has 6 N–H and O–H groups in total. The van der Waals surface area contributed by atoms with Gasteiger partial charge in [0.2, 0.25) is 0 Å². The largest absolute Gasteiger partial charge is 0.507 e. The summed E-state index contributed by atoms with van der Waals surface area (Å²) < 4.78 is 23.6. The number of ketones is 1. The van der Waals surface area contributed by atoms with E-state index in [-0.39, 0.29) is 44.5 Å². The van der Waals surface area contributed by atoms with Crippen molar-refractivity contribution in [1.82, 2.24) is 4.90 Å². The van der Waals surface area contributed by atoms with Crippen LogP contribution in [0.4, 0.5) is 5.69 Å². The topological polar surface area (TPSA) is 229 Å². The second kappa shape index (κ2) is 18.9. The number of aromatic hydroxyl groups is 3. The number of piperidine rings is 1. The second-order valence-electron chi connectivity index (χ2n) is 16.2. The number of phenols is 3. The average molecular weight is 835 g/mol. The van der Waals surface area contributed by atoms with Crippen molar-refractivity contribution in [3.63, 3.8) is 0 Å². The number of carbonyl (C=O) groups excluding carboxylic acids is 3. The Morgan fingerprint density at radius 2 is 1.62 bits per heavy atom. The Kier molecular flexibility index (Phi) is 14.3. The highest BCUT2D eigenvalue weighted by Crippen LogP contribution is 2.55. The number of carbonyl (C=O) groups is 3. The predicted molar refractivity (Wildman–Crippen MR) is 225 cm³/mol. The van der Waals surface area contributed by atoms with E-state index in [9.17, 15) is 39.9 Å². The number of likely N-dealkylation sites (tertiary alicyclic amines) is 1. The molecule has 326 valence electrons. The quantitative estimate of drug-likeness (QED) is 0.0539. The molecule has 0 spiro atoms. The minimum atomic E-state index is -2.06. The van der Waals surface area contributed by atoms with E-state index in [0.29, 0.717) is 0 Å². The van der Waals surface area contributed by atoms with Crippen molar-refractivity contribution in [3.05, 3.63) is 52.8 Å². The van der Waals surface area contributed by atoms with Crippen molar-refractivity contribution < 1.29 is 58.9 Å². The summed E-state index contributed by atoms with van der Waals surface area (Å²) in [4.78, 5) is 42.4. The molecule has 5 bridgehead atoms. The number of hydrogen-bond donors (Lipinski definition) is 6. The Morgan fingerprint density at radius 1 is 0.933 bits per heavy atom. The van der Waals surface area contributed by atoms with E-state index in [1.807, 2.05) is 4.90 Å². The first kappa shape index (κ1) is 45.6. The third-order valence-electron chi connectivity index (χ3n) is 11.9. The van der Waals surface area contributed by atoms with E-state index in [1.54, 1.807) is 46.2 Å². The SMILES string of the molecule is CO[C@H]1/C=C/O[C@@]2(C)Oc3c(C)c(O)c4c(O)c(c(/C=N\N=C\N5CCCCC5)c(O)c4c3C2=O)NC(=O)/C(C)=C\C=C\[C@H](C)[C@H](O)[C@@H](C)[C@@H](O)[C@@H](C)[C@H](OC(C)=O)[C@@H]1C. The number of phenolic OH excluding ortho intramolecular Hbond substituents is 3. The fourth-order valence-corrected chi connectivity index (χ4v) is 8.10. The minimum Gasteiger partial charge on any atom is -0.507 e. The first-order valence-corrected chi connectivity index (χ1v) is 20.2. The summed E-state index contributed by atoms with van der Waals surface area (Å²) in [6.45, 7) is 14.1. The van der Waals surface area contributed by atoms with Gasteiger partial charge in [0.25, 0.3) is 11.7 Å². The van der Waals surface area contributed by atoms with Gasteiger partial charge in [0.05, 0.1) is 53.0 Å². The Balaban J connectivity index is 1.69. The number of aliphatic hydroxyl groups excluding tert-OH is 2. The summed E-state index contributed by atoms with van der Waals surface area (Å²) in [6, 6.07) is 0. The fourth-order valence-electron chi connectivity index (χ4n) is 8.10. The van der Waals surface area contributed by atoms with Crippen molar-refractivity contribution in [1.29, 1.82) is 0 Å². The zero-order chi connectivity index (χ0) is 44.2. The number of anilines is 1. The molecule has 0 aromatic heterocycles. The third kappa shape index (κ3) is 9.15. The van der Waals surface area contributed by atoms with Gasteiger partial charge in [0, 0.05) is 74.2 Å². The van der Waals surface area contributed by atoms with Crippen LogP contribution in [0.25, 0.3) is 10.8 Å². The lowest BCUT2D eigenvalue weighted by atomic mass is 9.78. The normalized spacial score (nSPS) is 31.5. The lowest BCUT2D eigenvalue weighted by Gasteiger charge is -2.38. The number of rotatable bonds is 5. The molecule has 0 radical (unpaired) electrons. The average Bonchev–Trinajstić information content (AvgIpc) is 3.48. The van der Waals surface area contributed by atoms with E-state index in [0.717, 1.165) is 38.6 Å². The summed E-state index contributed by atoms with van der Waals surface area (Å²) >= 11 is 0. The van der Waals surface area contributed by atoms with Crippen LogP contribution in [-0.4, -0.2) is 111 Å². The molecule has 2 aromatic rings. The van der Waals surface area contributed by atoms with E-state index in [4.69, 9.17) is 18.9 Å². The number of ether oxygens (including phenoxy) is 4. The van der Waals surface area contributed by atoms with Crippen molar-refractivity contribution in [3.8, 4) is 23.0 Å². The Morgan fingerprint density at radius 3 is 2.27 bits per heavy atom. The molecule has 0 saturated carbocycles. The molecule has 1 fully saturated rings. The van der Waals surface area contributed by atoms with Crippen LogP contribution in [-0.2, 0) is 23.8 Å². The second-order valence-corrected chi connectivity index (χ2v) is 16.2. The van der Waals surface area contributed by atoms with Crippen LogP contribution in [0, 0.1) is 30.6 Å². The van der Waals surface area contributed by atoms with Crippen molar-refractivity contribution >= 4 is 46.7 Å². The molecular weight excluding hydrogens is 776 g/mol. The number of Topliss-reactive ketones (excluding diaryl/α,β-unsaturated/α-hetero) is 1. The first-order valence-electron chi connectivity index (χ1n) is 20.2. The van der Waals surface area contributed by atoms with Gasteiger partial charge in [-0.15, -0.1) is 5.10 Å². The molecule has 9 atom stereocenters. The summed E-state index contributed by atoms with van der Waals surface area (Å²) in [7, 11) is 1.43. The fraction of sp³-hybridized carbons (Fsp3) is 0.523. The van der Waals surface area contributed by atoms with Crippen LogP contribution < -0.4 is 10.1 Å². The number of methoxy groups -OCH3 is 1. The molecule has 4 aliphatic rings. The third-order valence-corrected chi connectivity index (χ3v) is 11.9. The number of amides is 1. The predicted octanol–water partition coefficient (Wildman–Crippen LogP) is 5.60. The maximum Gasteiger partial charge on any atom is 0.312 e. The molecule has 6 rings (SSSR count). The molecule has 0 unspecified atom stereocenters. The summed E-state index contributed by atoms with van der Waals surface area (Å²) in [5.41, 5.74) is -0.544. The molecule has 1 saturated heterocycles. The lowest BCUT2D eigenvalue weighted by molar-refractivity contribution is -0.160. The number of nitrogens with one attached hydrogen (secondary N) is 1. The number of aliphatic hydroxyl groups is 2. The van der Waals surface area contributed by atoms with E-state index in [2.05, 4.69) is 15.5 Å². The smallest absolute Gasteiger partial charge is 0.312 e. The number of benzene rings is 2. The van der Waals surface area contributed by atoms with Crippen LogP contribution in [0.15, 0.2) is 46.3 Å². The number of esters is 1. The van der Waals surface area contributed by atoms with Crippen molar-refractivity contribution in [2.24, 2.45) is 33.9 Å². The number of fused-ring (bicyclic) bond motifs is 14. The van der Waals surface area contributed by atoms with E-state index in [1.165, 1.54) is 53.2 Å². The molecular formula is C44H58N4O12. The van der Waals surface area contributed by atoms with Gasteiger partial charge in [-0.1, -0.05) is 45.9 Å². The zero-order valence-electron chi connectivity index (χ0n) is 35.6. The van der Waals surface area contributed by atoms with Gasteiger partial charge in [-0.05, 0) is 39.2 Å². The number of nitrogens with zero attached hydrogens (tertiary/aromatic N) is 3. The molecule has 0 aliphatic carbocycles. The van der Waals surface area contributed by atoms with Crippen LogP contribution >= 0.6 is 0 Å². The lowest BCUT2D eigenvalue weighted by Crippen LogP contribution is -2.46. The number of hydrogen-bond acceptors (Lipinski definition) is 14. The molecule has 1 amide bonds. The van der Waals surface area contributed by atoms with E-state index >= 15 is 0 Å². The van der Waals surface area contributed by atoms with Crippen LogP contribution in [0.1, 0.15) is 89.2 Å². The number of allylic oxidation sites excluding steroid dienone is 2. The zero-order valence-corrected chi connectivity index (χ0v) is 35.6. The van der Waals surface area contributed by atoms with Gasteiger partial charge >= 0.3 is 11.8 Å². The van der Waals surface area contributed by atoms with Gasteiger partial charge in [0.15, 0.2) is 5.75 Å². The van der Waals surface area contributed by atoms with Gasteiger partial charge < -0.3 is 54.7 Å². The first-order chi connectivity index (χ1) is 28.3. The maximum absolute atomic E-state index is 14.4. The van der Waals surface area contributed by atoms with Crippen LogP contribution in [0.5, 0.6) is 23.0 Å². The molecule has 4 aliphatic heterocycles. The highest BCUT2D eigenvalue weighted by atomic mass is 16.7. The summed E-state index contributed by atoms with van der Waals surface area (Å²) in [6.07, 6.45) is 9.29. The highest BCUT2D eigenvalue weighted by molar-refractivity contribution is 6.23. The van der Waals surface area contributed by atoms with Gasteiger partial charge in [-0.3, -0.25) is 14.4 Å². The minimum absolute atomic E-state index is 0.0408. The summed E-state index contributed by atoms with van der Waals surface area (Å²) in [5, 5.41) is 68.6. The Hall–Kier alpha value is -5.45. The molecule has 2 aromatic carbocycles. The Labute approximate surface area is 349 Å². The van der Waals surface area contributed by atoms with Crippen LogP contribution in [0.2, 0.25) is 0 Å². The molecule has 16 heteroatoms. The highest BCUT2D eigenvalue weighted by Gasteiger charge is 2.50. The molecule has 4 heterocycles. The standard InChI is InChI=1S/C44H58N4O12/c1-22-14-13-15-23(2)43(56)47-34-29(20-45-46-21-48-17-11-10-12-18-48)38(53)31-32(39(34)54)37(52)27(6)41-33(31)42(55)44(8,60-41)58-19-16-30(57-9)24(3)40(59-28(7)49)26(5)36(51)25(4)35(22)50/h13-16,19-22,24-26,30,35-36,40,50-54H,10-12,17-18H2,1-9H3,(H,47,56)/b14-13+,19-16+,23-15-,45-20-,46-21+/t22-,24+,25+,26+,30-,35-,36+,40+,44-/m0/s1. The maximum atomic E-state index is 14.4. The van der Waals surface area contributed by atoms with E-state index < -0.39 is 88.8 Å². The summed E-state index contributed by atoms with van der Waals surface area (Å²) in [5.74, 6) is -8.56. The van der Waals surface area contributed by atoms with Gasteiger partial charge in [-0.25, -0.2) is 0 Å². The van der Waals surface area contributed by atoms with Gasteiger partial charge in [0.1, 0.15) is 29.7 Å². The Bertz CT molecular complexity index is 2120. The molecule has 16 nitrogen and oxygen atoms in total. The van der Waals surface area contributed by atoms with Crippen molar-refractivity contribution in [2.45, 2.75) is 105 Å².